The monoisotopic (exact) mass is 332 g/mol. The molecule has 1 aliphatic heterocycles. The van der Waals surface area contributed by atoms with E-state index >= 15 is 0 Å². The molecule has 1 aliphatic carbocycles. The van der Waals surface area contributed by atoms with Gasteiger partial charge in [0.05, 0.1) is 0 Å². The molecule has 0 atom stereocenters. The van der Waals surface area contributed by atoms with Crippen LogP contribution in [-0.2, 0) is 0 Å². The highest BCUT2D eigenvalue weighted by Crippen LogP contribution is 2.30. The molecule has 0 aromatic carbocycles. The highest BCUT2D eigenvalue weighted by atomic mass is 15.2. The van der Waals surface area contributed by atoms with Crippen molar-refractivity contribution in [2.45, 2.75) is 63.5 Å². The van der Waals surface area contributed by atoms with E-state index in [-0.39, 0.29) is 0 Å². The minimum atomic E-state index is 0.492. The molecule has 2 aliphatic rings. The molecule has 6 nitrogen and oxygen atoms in total. The lowest BCUT2D eigenvalue weighted by Gasteiger charge is -2.36. The van der Waals surface area contributed by atoms with Crippen LogP contribution in [0.15, 0.2) is 6.33 Å². The lowest BCUT2D eigenvalue weighted by molar-refractivity contribution is 0.252. The van der Waals surface area contributed by atoms with E-state index in [2.05, 4.69) is 39.2 Å². The summed E-state index contributed by atoms with van der Waals surface area (Å²) < 4.78 is 0. The lowest BCUT2D eigenvalue weighted by atomic mass is 10.0. The van der Waals surface area contributed by atoms with Gasteiger partial charge >= 0.3 is 0 Å². The van der Waals surface area contributed by atoms with Crippen molar-refractivity contribution in [2.24, 2.45) is 0 Å². The molecule has 0 radical (unpaired) electrons. The van der Waals surface area contributed by atoms with E-state index < -0.39 is 0 Å². The zero-order valence-corrected chi connectivity index (χ0v) is 15.2. The fraction of sp³-hybridized carbons (Fsp3) is 0.778. The zero-order chi connectivity index (χ0) is 16.9. The van der Waals surface area contributed by atoms with Crippen molar-refractivity contribution in [3.63, 3.8) is 0 Å². The third-order valence-corrected chi connectivity index (χ3v) is 5.63. The van der Waals surface area contributed by atoms with Gasteiger partial charge in [0.25, 0.3) is 0 Å². The smallest absolute Gasteiger partial charge is 0.157 e. The highest BCUT2D eigenvalue weighted by Gasteiger charge is 2.24. The number of nitrogens with one attached hydrogen (secondary N) is 1. The van der Waals surface area contributed by atoms with Crippen molar-refractivity contribution in [1.29, 1.82) is 0 Å². The molecular weight excluding hydrogens is 300 g/mol. The first-order chi connectivity index (χ1) is 11.6. The maximum Gasteiger partial charge on any atom is 0.157 e. The van der Waals surface area contributed by atoms with Crippen LogP contribution in [0.1, 0.15) is 51.4 Å². The molecule has 1 saturated carbocycles. The molecule has 3 rings (SSSR count). The Labute approximate surface area is 145 Å². The first kappa shape index (κ1) is 17.3. The molecule has 0 spiro atoms. The van der Waals surface area contributed by atoms with Crippen molar-refractivity contribution in [3.05, 3.63) is 6.33 Å². The number of piperidine rings is 1. The van der Waals surface area contributed by atoms with Gasteiger partial charge in [0.2, 0.25) is 0 Å². The summed E-state index contributed by atoms with van der Waals surface area (Å²) in [5.74, 6) is 1.68. The van der Waals surface area contributed by atoms with Gasteiger partial charge in [-0.05, 0) is 45.8 Å². The molecule has 0 unspecified atom stereocenters. The van der Waals surface area contributed by atoms with Gasteiger partial charge in [0.15, 0.2) is 11.6 Å². The number of nitrogens with two attached hydrogens (primary N) is 1. The Morgan fingerprint density at radius 3 is 2.42 bits per heavy atom. The average molecular weight is 332 g/mol. The Morgan fingerprint density at radius 2 is 1.75 bits per heavy atom. The van der Waals surface area contributed by atoms with Crippen molar-refractivity contribution < 1.29 is 0 Å². The Bertz CT molecular complexity index is 518. The van der Waals surface area contributed by atoms with Crippen LogP contribution in [0.25, 0.3) is 0 Å². The first-order valence-electron chi connectivity index (χ1n) is 9.43. The largest absolute Gasteiger partial charge is 0.393 e. The average Bonchev–Trinajstić information content (AvgIpc) is 2.85. The molecule has 1 saturated heterocycles. The number of aromatic nitrogens is 2. The van der Waals surface area contributed by atoms with Crippen molar-refractivity contribution in [3.8, 4) is 0 Å². The van der Waals surface area contributed by atoms with Crippen LogP contribution < -0.4 is 16.0 Å². The maximum atomic E-state index is 6.43. The summed E-state index contributed by atoms with van der Waals surface area (Å²) >= 11 is 0. The fourth-order valence-electron chi connectivity index (χ4n) is 3.95. The Kier molecular flexibility index (Phi) is 5.76. The topological polar surface area (TPSA) is 70.3 Å². The molecule has 134 valence electrons. The normalized spacial score (nSPS) is 21.4. The van der Waals surface area contributed by atoms with Crippen LogP contribution in [0.5, 0.6) is 0 Å². The molecule has 2 fully saturated rings. The van der Waals surface area contributed by atoms with Crippen LogP contribution in [0.2, 0.25) is 0 Å². The lowest BCUT2D eigenvalue weighted by Crippen LogP contribution is -2.42. The number of hydrogen-bond acceptors (Lipinski definition) is 6. The molecule has 6 heteroatoms. The minimum absolute atomic E-state index is 0.492. The Balaban J connectivity index is 1.70. The van der Waals surface area contributed by atoms with Crippen molar-refractivity contribution in [2.75, 3.05) is 43.1 Å². The second kappa shape index (κ2) is 8.01. The molecule has 1 aromatic heterocycles. The predicted octanol–water partition coefficient (Wildman–Crippen LogP) is 2.72. The number of rotatable bonds is 4. The van der Waals surface area contributed by atoms with E-state index in [1.54, 1.807) is 6.33 Å². The van der Waals surface area contributed by atoms with E-state index in [9.17, 15) is 0 Å². The van der Waals surface area contributed by atoms with E-state index in [0.29, 0.717) is 17.8 Å². The second-order valence-corrected chi connectivity index (χ2v) is 7.44. The summed E-state index contributed by atoms with van der Waals surface area (Å²) in [5, 5.41) is 3.58. The summed E-state index contributed by atoms with van der Waals surface area (Å²) in [6, 6.07) is 0.996. The molecule has 0 amide bonds. The Morgan fingerprint density at radius 1 is 1.08 bits per heavy atom. The Hall–Kier alpha value is -1.56. The molecule has 2 heterocycles. The van der Waals surface area contributed by atoms with Gasteiger partial charge in [-0.1, -0.05) is 25.7 Å². The van der Waals surface area contributed by atoms with E-state index in [0.717, 1.165) is 37.6 Å². The molecule has 1 aromatic rings. The SMILES string of the molecule is CN1CCC(N(C)c2ncnc(NC3CCCCCC3)c2N)CC1. The van der Waals surface area contributed by atoms with Crippen LogP contribution in [0, 0.1) is 0 Å². The van der Waals surface area contributed by atoms with Gasteiger partial charge in [-0.2, -0.15) is 0 Å². The number of nitrogen functional groups attached to an aromatic ring is 1. The van der Waals surface area contributed by atoms with Crippen LogP contribution in [0.4, 0.5) is 17.3 Å². The number of anilines is 3. The van der Waals surface area contributed by atoms with Crippen molar-refractivity contribution in [1.82, 2.24) is 14.9 Å². The van der Waals surface area contributed by atoms with Gasteiger partial charge < -0.3 is 20.9 Å². The predicted molar refractivity (Wildman–Crippen MR) is 100 cm³/mol. The van der Waals surface area contributed by atoms with E-state index in [4.69, 9.17) is 5.73 Å². The van der Waals surface area contributed by atoms with Gasteiger partial charge in [-0.15, -0.1) is 0 Å². The van der Waals surface area contributed by atoms with Gasteiger partial charge in [0, 0.05) is 19.1 Å². The van der Waals surface area contributed by atoms with Gasteiger partial charge in [-0.3, -0.25) is 0 Å². The third-order valence-electron chi connectivity index (χ3n) is 5.63. The first-order valence-corrected chi connectivity index (χ1v) is 9.43. The van der Waals surface area contributed by atoms with Crippen LogP contribution in [-0.4, -0.2) is 54.1 Å². The number of likely N-dealkylation sites (tertiary alicyclic amines) is 1. The van der Waals surface area contributed by atoms with E-state index in [1.165, 1.54) is 38.5 Å². The zero-order valence-electron chi connectivity index (χ0n) is 15.2. The standard InChI is InChI=1S/C18H32N6/c1-23-11-9-15(10-12-23)24(2)18-16(19)17(20-13-21-18)22-14-7-5-3-4-6-8-14/h13-15H,3-12,19H2,1-2H3,(H,20,21,22). The second-order valence-electron chi connectivity index (χ2n) is 7.44. The quantitative estimate of drug-likeness (QED) is 0.826. The summed E-state index contributed by atoms with van der Waals surface area (Å²) in [7, 11) is 4.30. The third kappa shape index (κ3) is 4.09. The molecule has 24 heavy (non-hydrogen) atoms. The summed E-state index contributed by atoms with van der Waals surface area (Å²) in [6.07, 6.45) is 11.7. The summed E-state index contributed by atoms with van der Waals surface area (Å²) in [5.41, 5.74) is 7.13. The van der Waals surface area contributed by atoms with E-state index in [1.807, 2.05) is 0 Å². The summed E-state index contributed by atoms with van der Waals surface area (Å²) in [4.78, 5) is 13.5. The van der Waals surface area contributed by atoms with Gasteiger partial charge in [-0.25, -0.2) is 9.97 Å². The summed E-state index contributed by atoms with van der Waals surface area (Å²) in [6.45, 7) is 2.26. The number of nitrogens with zero attached hydrogens (tertiary/aromatic N) is 4. The van der Waals surface area contributed by atoms with Crippen LogP contribution in [0.3, 0.4) is 0 Å². The minimum Gasteiger partial charge on any atom is -0.393 e. The van der Waals surface area contributed by atoms with Gasteiger partial charge in [0.1, 0.15) is 12.0 Å². The fourth-order valence-corrected chi connectivity index (χ4v) is 3.95. The molecule has 0 bridgehead atoms. The molecule has 3 N–H and O–H groups in total. The molecular formula is C18H32N6. The van der Waals surface area contributed by atoms with Crippen LogP contribution >= 0.6 is 0 Å². The van der Waals surface area contributed by atoms with Crippen molar-refractivity contribution >= 4 is 17.3 Å². The highest BCUT2D eigenvalue weighted by molar-refractivity contribution is 5.75. The maximum absolute atomic E-state index is 6.43. The number of hydrogen-bond donors (Lipinski definition) is 2.